The van der Waals surface area contributed by atoms with Crippen molar-refractivity contribution in [3.05, 3.63) is 49.0 Å². The minimum absolute atomic E-state index is 0.289. The highest BCUT2D eigenvalue weighted by Gasteiger charge is 2.14. The molecule has 20 heavy (non-hydrogen) atoms. The van der Waals surface area contributed by atoms with Crippen LogP contribution in [-0.2, 0) is 12.4 Å². The van der Waals surface area contributed by atoms with E-state index < -0.39 is 0 Å². The summed E-state index contributed by atoms with van der Waals surface area (Å²) in [5.41, 5.74) is 1.49. The van der Waals surface area contributed by atoms with Crippen molar-refractivity contribution in [3.8, 4) is 0 Å². The zero-order chi connectivity index (χ0) is 14.3. The molecule has 0 aliphatic carbocycles. The molecule has 0 aliphatic rings. The summed E-state index contributed by atoms with van der Waals surface area (Å²) >= 11 is 14.4. The van der Waals surface area contributed by atoms with Crippen molar-refractivity contribution in [2.24, 2.45) is 0 Å². The standard InChI is InChI=1S/C13H8Br2ClFN2S/c14-7-1-2-20-12(7)6-19-11-3-8(15)9(17)4-10(11)18-13(19)5-16/h1-4H,5-6H2. The molecule has 3 aromatic rings. The van der Waals surface area contributed by atoms with Gasteiger partial charge in [0.05, 0.1) is 27.9 Å². The average Bonchev–Trinajstić information content (AvgIpc) is 2.96. The Hall–Kier alpha value is -0.430. The fraction of sp³-hybridized carbons (Fsp3) is 0.154. The number of fused-ring (bicyclic) bond motifs is 1. The quantitative estimate of drug-likeness (QED) is 0.491. The first-order valence-electron chi connectivity index (χ1n) is 5.72. The van der Waals surface area contributed by atoms with E-state index in [2.05, 4.69) is 36.8 Å². The van der Waals surface area contributed by atoms with Gasteiger partial charge in [-0.1, -0.05) is 0 Å². The van der Waals surface area contributed by atoms with Gasteiger partial charge in [-0.15, -0.1) is 22.9 Å². The first kappa shape index (κ1) is 14.5. The zero-order valence-electron chi connectivity index (χ0n) is 10.0. The van der Waals surface area contributed by atoms with Crippen LogP contribution < -0.4 is 0 Å². The van der Waals surface area contributed by atoms with Crippen molar-refractivity contribution >= 4 is 65.8 Å². The molecule has 2 aromatic heterocycles. The Morgan fingerprint density at radius 3 is 2.75 bits per heavy atom. The van der Waals surface area contributed by atoms with Crippen LogP contribution in [0.1, 0.15) is 10.7 Å². The lowest BCUT2D eigenvalue weighted by Crippen LogP contribution is -2.03. The van der Waals surface area contributed by atoms with E-state index in [0.717, 1.165) is 15.8 Å². The summed E-state index contributed by atoms with van der Waals surface area (Å²) < 4.78 is 17.1. The van der Waals surface area contributed by atoms with Crippen molar-refractivity contribution in [1.29, 1.82) is 0 Å². The lowest BCUT2D eigenvalue weighted by atomic mass is 10.3. The Balaban J connectivity index is 2.17. The van der Waals surface area contributed by atoms with E-state index >= 15 is 0 Å². The minimum atomic E-state index is -0.319. The lowest BCUT2D eigenvalue weighted by molar-refractivity contribution is 0.622. The van der Waals surface area contributed by atoms with Crippen LogP contribution in [-0.4, -0.2) is 9.55 Å². The van der Waals surface area contributed by atoms with Crippen LogP contribution in [0.25, 0.3) is 11.0 Å². The van der Waals surface area contributed by atoms with Gasteiger partial charge in [0.2, 0.25) is 0 Å². The molecular weight excluding hydrogens is 430 g/mol. The largest absolute Gasteiger partial charge is 0.322 e. The maximum absolute atomic E-state index is 13.6. The van der Waals surface area contributed by atoms with Gasteiger partial charge in [0.15, 0.2) is 0 Å². The molecule has 0 aliphatic heterocycles. The van der Waals surface area contributed by atoms with Gasteiger partial charge in [0, 0.05) is 15.4 Å². The van der Waals surface area contributed by atoms with Gasteiger partial charge in [0.1, 0.15) is 11.6 Å². The van der Waals surface area contributed by atoms with Gasteiger partial charge < -0.3 is 4.57 Å². The highest BCUT2D eigenvalue weighted by molar-refractivity contribution is 9.10. The van der Waals surface area contributed by atoms with Crippen molar-refractivity contribution in [1.82, 2.24) is 9.55 Å². The summed E-state index contributed by atoms with van der Waals surface area (Å²) in [6.07, 6.45) is 0. The van der Waals surface area contributed by atoms with Gasteiger partial charge in [-0.05, 0) is 49.4 Å². The molecule has 7 heteroatoms. The third-order valence-electron chi connectivity index (χ3n) is 2.98. The molecule has 0 N–H and O–H groups in total. The summed E-state index contributed by atoms with van der Waals surface area (Å²) in [7, 11) is 0. The smallest absolute Gasteiger partial charge is 0.139 e. The number of nitrogens with zero attached hydrogens (tertiary/aromatic N) is 2. The summed E-state index contributed by atoms with van der Waals surface area (Å²) in [5, 5.41) is 2.02. The maximum Gasteiger partial charge on any atom is 0.139 e. The highest BCUT2D eigenvalue weighted by atomic mass is 79.9. The van der Waals surface area contributed by atoms with Gasteiger partial charge >= 0.3 is 0 Å². The van der Waals surface area contributed by atoms with Crippen molar-refractivity contribution in [2.45, 2.75) is 12.4 Å². The first-order valence-corrected chi connectivity index (χ1v) is 8.72. The molecular formula is C13H8Br2ClFN2S. The van der Waals surface area contributed by atoms with E-state index in [-0.39, 0.29) is 11.7 Å². The SMILES string of the molecule is Fc1cc2nc(CCl)n(Cc3sccc3Br)c2cc1Br. The summed E-state index contributed by atoms with van der Waals surface area (Å²) in [6, 6.07) is 5.18. The Labute approximate surface area is 140 Å². The highest BCUT2D eigenvalue weighted by Crippen LogP contribution is 2.29. The molecule has 0 amide bonds. The normalized spacial score (nSPS) is 11.4. The van der Waals surface area contributed by atoms with E-state index in [1.165, 1.54) is 10.9 Å². The van der Waals surface area contributed by atoms with Gasteiger partial charge in [-0.2, -0.15) is 0 Å². The number of aromatic nitrogens is 2. The number of hydrogen-bond acceptors (Lipinski definition) is 2. The molecule has 2 nitrogen and oxygen atoms in total. The van der Waals surface area contributed by atoms with Gasteiger partial charge in [-0.25, -0.2) is 9.37 Å². The summed E-state index contributed by atoms with van der Waals surface area (Å²) in [5.74, 6) is 0.705. The molecule has 0 saturated heterocycles. The van der Waals surface area contributed by atoms with Crippen LogP contribution in [0.4, 0.5) is 4.39 Å². The number of imidazole rings is 1. The van der Waals surface area contributed by atoms with Crippen molar-refractivity contribution in [2.75, 3.05) is 0 Å². The van der Waals surface area contributed by atoms with E-state index in [9.17, 15) is 4.39 Å². The number of halogens is 4. The second-order valence-electron chi connectivity index (χ2n) is 4.19. The number of alkyl halides is 1. The molecule has 1 aromatic carbocycles. The van der Waals surface area contributed by atoms with Crippen LogP contribution in [0.5, 0.6) is 0 Å². The van der Waals surface area contributed by atoms with E-state index in [1.807, 2.05) is 16.0 Å². The van der Waals surface area contributed by atoms with E-state index in [0.29, 0.717) is 16.5 Å². The number of rotatable bonds is 3. The molecule has 0 fully saturated rings. The van der Waals surface area contributed by atoms with Crippen LogP contribution in [0.3, 0.4) is 0 Å². The van der Waals surface area contributed by atoms with Crippen molar-refractivity contribution < 1.29 is 4.39 Å². The van der Waals surface area contributed by atoms with Crippen LogP contribution in [0, 0.1) is 5.82 Å². The molecule has 2 heterocycles. The zero-order valence-corrected chi connectivity index (χ0v) is 14.8. The Morgan fingerprint density at radius 1 is 1.30 bits per heavy atom. The van der Waals surface area contributed by atoms with Gasteiger partial charge in [-0.3, -0.25) is 0 Å². The van der Waals surface area contributed by atoms with Crippen LogP contribution in [0.2, 0.25) is 0 Å². The topological polar surface area (TPSA) is 17.8 Å². The fourth-order valence-corrected chi connectivity index (χ4v) is 4.03. The Kier molecular flexibility index (Phi) is 4.17. The molecule has 0 saturated carbocycles. The molecule has 3 rings (SSSR count). The fourth-order valence-electron chi connectivity index (χ4n) is 2.03. The molecule has 0 atom stereocenters. The molecule has 0 spiro atoms. The third-order valence-corrected chi connectivity index (χ3v) is 5.74. The minimum Gasteiger partial charge on any atom is -0.322 e. The second kappa shape index (κ2) is 5.75. The first-order chi connectivity index (χ1) is 9.60. The molecule has 0 bridgehead atoms. The van der Waals surface area contributed by atoms with E-state index in [4.69, 9.17) is 11.6 Å². The molecule has 104 valence electrons. The average molecular weight is 439 g/mol. The Bertz CT molecular complexity index is 784. The monoisotopic (exact) mass is 436 g/mol. The summed E-state index contributed by atoms with van der Waals surface area (Å²) in [6.45, 7) is 0.662. The second-order valence-corrected chi connectivity index (χ2v) is 7.17. The predicted molar refractivity (Wildman–Crippen MR) is 88.1 cm³/mol. The van der Waals surface area contributed by atoms with Crippen LogP contribution >= 0.6 is 54.8 Å². The lowest BCUT2D eigenvalue weighted by Gasteiger charge is -2.07. The number of hydrogen-bond donors (Lipinski definition) is 0. The maximum atomic E-state index is 13.6. The van der Waals surface area contributed by atoms with Gasteiger partial charge in [0.25, 0.3) is 0 Å². The number of thiophene rings is 1. The van der Waals surface area contributed by atoms with Crippen LogP contribution in [0.15, 0.2) is 32.5 Å². The third kappa shape index (κ3) is 2.54. The van der Waals surface area contributed by atoms with E-state index in [1.54, 1.807) is 17.4 Å². The summed E-state index contributed by atoms with van der Waals surface area (Å²) in [4.78, 5) is 5.58. The predicted octanol–water partition coefficient (Wildman–Crippen LogP) is 5.55. The van der Waals surface area contributed by atoms with Crippen molar-refractivity contribution in [3.63, 3.8) is 0 Å². The molecule has 0 unspecified atom stereocenters. The number of benzene rings is 1. The molecule has 0 radical (unpaired) electrons. The Morgan fingerprint density at radius 2 is 2.10 bits per heavy atom.